The SMILES string of the molecule is Fc1ccc(Br)c(F)c1COC1CCNCC1. The van der Waals surface area contributed by atoms with Gasteiger partial charge in [0.2, 0.25) is 0 Å². The summed E-state index contributed by atoms with van der Waals surface area (Å²) in [5, 5.41) is 3.21. The minimum atomic E-state index is -0.570. The summed E-state index contributed by atoms with van der Waals surface area (Å²) in [5.41, 5.74) is -0.00194. The molecule has 1 aromatic rings. The maximum atomic E-state index is 13.6. The molecule has 1 fully saturated rings. The summed E-state index contributed by atoms with van der Waals surface area (Å²) in [7, 11) is 0. The van der Waals surface area contributed by atoms with Crippen LogP contribution >= 0.6 is 15.9 Å². The Hall–Kier alpha value is -0.520. The smallest absolute Gasteiger partial charge is 0.145 e. The van der Waals surface area contributed by atoms with Crippen molar-refractivity contribution in [3.05, 3.63) is 33.8 Å². The molecule has 0 aliphatic carbocycles. The summed E-state index contributed by atoms with van der Waals surface area (Å²) in [6.07, 6.45) is 1.86. The Morgan fingerprint density at radius 3 is 2.71 bits per heavy atom. The molecule has 1 aliphatic heterocycles. The van der Waals surface area contributed by atoms with Crippen LogP contribution in [0.4, 0.5) is 8.78 Å². The first kappa shape index (κ1) is 12.9. The van der Waals surface area contributed by atoms with E-state index in [9.17, 15) is 8.78 Å². The van der Waals surface area contributed by atoms with Gasteiger partial charge >= 0.3 is 0 Å². The second kappa shape index (κ2) is 5.89. The highest BCUT2D eigenvalue weighted by molar-refractivity contribution is 9.10. The first-order valence-electron chi connectivity index (χ1n) is 5.63. The van der Waals surface area contributed by atoms with Crippen LogP contribution in [0.15, 0.2) is 16.6 Å². The van der Waals surface area contributed by atoms with Crippen molar-refractivity contribution in [3.63, 3.8) is 0 Å². The Morgan fingerprint density at radius 1 is 1.29 bits per heavy atom. The lowest BCUT2D eigenvalue weighted by atomic mass is 10.1. The van der Waals surface area contributed by atoms with Gasteiger partial charge in [-0.05, 0) is 54.0 Å². The molecular weight excluding hydrogens is 292 g/mol. The lowest BCUT2D eigenvalue weighted by Crippen LogP contribution is -2.32. The van der Waals surface area contributed by atoms with Gasteiger partial charge < -0.3 is 10.1 Å². The third-order valence-electron chi connectivity index (χ3n) is 2.89. The van der Waals surface area contributed by atoms with Crippen molar-refractivity contribution in [1.29, 1.82) is 0 Å². The minimum absolute atomic E-state index is 0.00194. The molecule has 0 spiro atoms. The lowest BCUT2D eigenvalue weighted by molar-refractivity contribution is 0.0184. The monoisotopic (exact) mass is 305 g/mol. The molecule has 5 heteroatoms. The molecule has 0 unspecified atom stereocenters. The highest BCUT2D eigenvalue weighted by Crippen LogP contribution is 2.23. The quantitative estimate of drug-likeness (QED) is 0.867. The van der Waals surface area contributed by atoms with Gasteiger partial charge in [-0.2, -0.15) is 0 Å². The van der Waals surface area contributed by atoms with Crippen molar-refractivity contribution >= 4 is 15.9 Å². The Bertz CT molecular complexity index is 394. The zero-order chi connectivity index (χ0) is 12.3. The van der Waals surface area contributed by atoms with Gasteiger partial charge in [0.05, 0.1) is 22.7 Å². The molecule has 0 bridgehead atoms. The number of halogens is 3. The summed E-state index contributed by atoms with van der Waals surface area (Å²) in [6, 6.07) is 2.60. The molecule has 1 aromatic carbocycles. The predicted octanol–water partition coefficient (Wildman–Crippen LogP) is 3.00. The van der Waals surface area contributed by atoms with Gasteiger partial charge in [0.1, 0.15) is 11.6 Å². The summed E-state index contributed by atoms with van der Waals surface area (Å²) in [5.74, 6) is -1.13. The largest absolute Gasteiger partial charge is 0.373 e. The molecule has 1 aliphatic rings. The third kappa shape index (κ3) is 3.24. The van der Waals surface area contributed by atoms with Crippen LogP contribution in [-0.2, 0) is 11.3 Å². The molecule has 1 heterocycles. The normalized spacial score (nSPS) is 17.4. The van der Waals surface area contributed by atoms with Crippen LogP contribution in [0.25, 0.3) is 0 Å². The van der Waals surface area contributed by atoms with Crippen molar-refractivity contribution in [2.45, 2.75) is 25.6 Å². The topological polar surface area (TPSA) is 21.3 Å². The Kier molecular flexibility index (Phi) is 4.48. The second-order valence-corrected chi connectivity index (χ2v) is 4.94. The van der Waals surface area contributed by atoms with E-state index in [0.717, 1.165) is 25.9 Å². The number of ether oxygens (including phenoxy) is 1. The van der Waals surface area contributed by atoms with E-state index in [4.69, 9.17) is 4.74 Å². The van der Waals surface area contributed by atoms with Gasteiger partial charge in [-0.1, -0.05) is 0 Å². The van der Waals surface area contributed by atoms with Crippen LogP contribution < -0.4 is 5.32 Å². The Balaban J connectivity index is 2.00. The molecule has 0 atom stereocenters. The number of benzene rings is 1. The molecule has 94 valence electrons. The third-order valence-corrected chi connectivity index (χ3v) is 3.50. The molecule has 2 rings (SSSR count). The standard InChI is InChI=1S/C12H14BrF2NO/c13-10-1-2-11(14)9(12(10)15)7-17-8-3-5-16-6-4-8/h1-2,8,16H,3-7H2. The molecule has 0 saturated carbocycles. The summed E-state index contributed by atoms with van der Waals surface area (Å²) < 4.78 is 32.9. The molecule has 0 radical (unpaired) electrons. The van der Waals surface area contributed by atoms with Crippen LogP contribution in [0.1, 0.15) is 18.4 Å². The van der Waals surface area contributed by atoms with E-state index in [2.05, 4.69) is 21.2 Å². The van der Waals surface area contributed by atoms with Gasteiger partial charge in [-0.3, -0.25) is 0 Å². The Labute approximate surface area is 107 Å². The molecular formula is C12H14BrF2NO. The van der Waals surface area contributed by atoms with Crippen molar-refractivity contribution in [2.24, 2.45) is 0 Å². The zero-order valence-electron chi connectivity index (χ0n) is 9.31. The van der Waals surface area contributed by atoms with Gasteiger partial charge in [-0.25, -0.2) is 8.78 Å². The van der Waals surface area contributed by atoms with E-state index in [1.807, 2.05) is 0 Å². The predicted molar refractivity (Wildman–Crippen MR) is 64.7 cm³/mol. The highest BCUT2D eigenvalue weighted by atomic mass is 79.9. The summed E-state index contributed by atoms with van der Waals surface area (Å²) in [4.78, 5) is 0. The lowest BCUT2D eigenvalue weighted by Gasteiger charge is -2.23. The van der Waals surface area contributed by atoms with E-state index < -0.39 is 11.6 Å². The average molecular weight is 306 g/mol. The Morgan fingerprint density at radius 2 is 2.00 bits per heavy atom. The van der Waals surface area contributed by atoms with Crippen LogP contribution in [0.5, 0.6) is 0 Å². The van der Waals surface area contributed by atoms with E-state index in [-0.39, 0.29) is 22.7 Å². The summed E-state index contributed by atoms with van der Waals surface area (Å²) >= 11 is 3.04. The maximum Gasteiger partial charge on any atom is 0.145 e. The van der Waals surface area contributed by atoms with Crippen molar-refractivity contribution in [1.82, 2.24) is 5.32 Å². The molecule has 2 nitrogen and oxygen atoms in total. The molecule has 17 heavy (non-hydrogen) atoms. The highest BCUT2D eigenvalue weighted by Gasteiger charge is 2.17. The van der Waals surface area contributed by atoms with Gasteiger partial charge in [0.25, 0.3) is 0 Å². The minimum Gasteiger partial charge on any atom is -0.373 e. The fraction of sp³-hybridized carbons (Fsp3) is 0.500. The number of piperidine rings is 1. The van der Waals surface area contributed by atoms with Crippen molar-refractivity contribution < 1.29 is 13.5 Å². The number of nitrogens with one attached hydrogen (secondary N) is 1. The van der Waals surface area contributed by atoms with E-state index >= 15 is 0 Å². The second-order valence-electron chi connectivity index (χ2n) is 4.08. The van der Waals surface area contributed by atoms with Crippen LogP contribution in [-0.4, -0.2) is 19.2 Å². The van der Waals surface area contributed by atoms with Crippen LogP contribution in [0.2, 0.25) is 0 Å². The molecule has 0 aromatic heterocycles. The van der Waals surface area contributed by atoms with E-state index in [1.165, 1.54) is 12.1 Å². The first-order valence-corrected chi connectivity index (χ1v) is 6.42. The molecule has 0 amide bonds. The van der Waals surface area contributed by atoms with E-state index in [0.29, 0.717) is 0 Å². The molecule has 1 saturated heterocycles. The summed E-state index contributed by atoms with van der Waals surface area (Å²) in [6.45, 7) is 1.78. The average Bonchev–Trinajstić information content (AvgIpc) is 2.35. The van der Waals surface area contributed by atoms with Crippen LogP contribution in [0.3, 0.4) is 0 Å². The van der Waals surface area contributed by atoms with Crippen molar-refractivity contribution in [3.8, 4) is 0 Å². The number of hydrogen-bond donors (Lipinski definition) is 1. The van der Waals surface area contributed by atoms with Gasteiger partial charge in [0, 0.05) is 0 Å². The van der Waals surface area contributed by atoms with E-state index in [1.54, 1.807) is 0 Å². The van der Waals surface area contributed by atoms with Gasteiger partial charge in [-0.15, -0.1) is 0 Å². The maximum absolute atomic E-state index is 13.6. The first-order chi connectivity index (χ1) is 8.18. The number of hydrogen-bond acceptors (Lipinski definition) is 2. The molecule has 1 N–H and O–H groups in total. The fourth-order valence-electron chi connectivity index (χ4n) is 1.86. The fourth-order valence-corrected chi connectivity index (χ4v) is 2.24. The van der Waals surface area contributed by atoms with Crippen molar-refractivity contribution in [2.75, 3.05) is 13.1 Å². The van der Waals surface area contributed by atoms with Crippen LogP contribution in [0, 0.1) is 11.6 Å². The zero-order valence-corrected chi connectivity index (χ0v) is 10.9. The van der Waals surface area contributed by atoms with Gasteiger partial charge in [0.15, 0.2) is 0 Å². The number of rotatable bonds is 3.